The van der Waals surface area contributed by atoms with Crippen LogP contribution in [0.25, 0.3) is 0 Å². The van der Waals surface area contributed by atoms with E-state index in [1.165, 1.54) is 11.4 Å². The molecule has 1 aliphatic rings. The van der Waals surface area contributed by atoms with E-state index < -0.39 is 0 Å². The summed E-state index contributed by atoms with van der Waals surface area (Å²) in [7, 11) is 1.73. The Hall–Kier alpha value is -2.70. The van der Waals surface area contributed by atoms with Crippen LogP contribution in [0.1, 0.15) is 24.7 Å². The highest BCUT2D eigenvalue weighted by atomic mass is 16.5. The Morgan fingerprint density at radius 3 is 2.59 bits per heavy atom. The Labute approximate surface area is 174 Å². The quantitative estimate of drug-likeness (QED) is 0.441. The Morgan fingerprint density at radius 2 is 1.93 bits per heavy atom. The maximum absolute atomic E-state index is 5.52. The smallest absolute Gasteiger partial charge is 0.194 e. The molecular weight excluding hydrogens is 364 g/mol. The summed E-state index contributed by atoms with van der Waals surface area (Å²) in [6.45, 7) is 12.6. The number of aryl methyl sites for hydroxylation is 3. The van der Waals surface area contributed by atoms with E-state index in [9.17, 15) is 0 Å². The van der Waals surface area contributed by atoms with Crippen molar-refractivity contribution in [3.63, 3.8) is 0 Å². The molecule has 1 aromatic heterocycles. The van der Waals surface area contributed by atoms with Crippen LogP contribution in [0.5, 0.6) is 5.75 Å². The van der Waals surface area contributed by atoms with E-state index >= 15 is 0 Å². The summed E-state index contributed by atoms with van der Waals surface area (Å²) < 4.78 is 7.60. The van der Waals surface area contributed by atoms with Crippen molar-refractivity contribution in [2.45, 2.75) is 33.7 Å². The number of aromatic nitrogens is 2. The van der Waals surface area contributed by atoms with Crippen LogP contribution < -0.4 is 15.0 Å². The number of methoxy groups -OCH3 is 1. The molecule has 2 aromatic rings. The summed E-state index contributed by atoms with van der Waals surface area (Å²) in [5, 5.41) is 7.98. The van der Waals surface area contributed by atoms with Crippen molar-refractivity contribution >= 4 is 11.6 Å². The molecule has 0 amide bonds. The van der Waals surface area contributed by atoms with Gasteiger partial charge in [-0.15, -0.1) is 0 Å². The predicted octanol–water partition coefficient (Wildman–Crippen LogP) is 2.69. The lowest BCUT2D eigenvalue weighted by Crippen LogP contribution is -2.52. The SMILES string of the molecule is CCNC(=NCCCn1nc(C)cc1C)N1CCN(c2ccccc2OC)CC1. The Balaban J connectivity index is 1.54. The molecule has 7 nitrogen and oxygen atoms in total. The van der Waals surface area contributed by atoms with Gasteiger partial charge in [0.25, 0.3) is 0 Å². The van der Waals surface area contributed by atoms with Gasteiger partial charge in [0.15, 0.2) is 5.96 Å². The van der Waals surface area contributed by atoms with Crippen LogP contribution in [-0.2, 0) is 6.54 Å². The summed E-state index contributed by atoms with van der Waals surface area (Å²) in [6.07, 6.45) is 0.984. The van der Waals surface area contributed by atoms with E-state index in [2.05, 4.69) is 56.9 Å². The predicted molar refractivity (Wildman–Crippen MR) is 119 cm³/mol. The third-order valence-electron chi connectivity index (χ3n) is 5.23. The largest absolute Gasteiger partial charge is 0.495 e. The number of benzene rings is 1. The number of anilines is 1. The van der Waals surface area contributed by atoms with Gasteiger partial charge >= 0.3 is 0 Å². The highest BCUT2D eigenvalue weighted by Crippen LogP contribution is 2.28. The average Bonchev–Trinajstić information content (AvgIpc) is 3.07. The molecule has 0 radical (unpaired) electrons. The molecule has 0 aliphatic carbocycles. The molecule has 1 fully saturated rings. The van der Waals surface area contributed by atoms with Crippen LogP contribution in [0, 0.1) is 13.8 Å². The number of aliphatic imine (C=N–C) groups is 1. The van der Waals surface area contributed by atoms with Crippen LogP contribution >= 0.6 is 0 Å². The highest BCUT2D eigenvalue weighted by Gasteiger charge is 2.21. The minimum atomic E-state index is 0.799. The second-order valence-electron chi connectivity index (χ2n) is 7.39. The van der Waals surface area contributed by atoms with E-state index in [0.29, 0.717) is 0 Å². The first-order valence-electron chi connectivity index (χ1n) is 10.5. The van der Waals surface area contributed by atoms with Crippen molar-refractivity contribution < 1.29 is 4.74 Å². The summed E-state index contributed by atoms with van der Waals surface area (Å²) in [5.74, 6) is 1.95. The molecule has 3 rings (SSSR count). The molecule has 0 bridgehead atoms. The minimum absolute atomic E-state index is 0.799. The van der Waals surface area contributed by atoms with Crippen LogP contribution in [0.2, 0.25) is 0 Å². The third kappa shape index (κ3) is 5.43. The van der Waals surface area contributed by atoms with Crippen LogP contribution in [0.15, 0.2) is 35.3 Å². The number of hydrogen-bond donors (Lipinski definition) is 1. The lowest BCUT2D eigenvalue weighted by Gasteiger charge is -2.38. The molecule has 158 valence electrons. The zero-order valence-electron chi connectivity index (χ0n) is 18.2. The molecule has 1 saturated heterocycles. The zero-order valence-corrected chi connectivity index (χ0v) is 18.2. The molecule has 0 unspecified atom stereocenters. The number of hydrogen-bond acceptors (Lipinski definition) is 4. The molecule has 1 N–H and O–H groups in total. The molecule has 1 aromatic carbocycles. The summed E-state index contributed by atoms with van der Waals surface area (Å²) >= 11 is 0. The minimum Gasteiger partial charge on any atom is -0.495 e. The number of nitrogens with one attached hydrogen (secondary N) is 1. The fraction of sp³-hybridized carbons (Fsp3) is 0.545. The summed E-state index contributed by atoms with van der Waals surface area (Å²) in [6, 6.07) is 10.4. The number of guanidine groups is 1. The van der Waals surface area contributed by atoms with Gasteiger partial charge in [0.1, 0.15) is 5.75 Å². The molecule has 29 heavy (non-hydrogen) atoms. The first-order valence-corrected chi connectivity index (χ1v) is 10.5. The van der Waals surface area contributed by atoms with Crippen molar-refractivity contribution in [3.05, 3.63) is 41.7 Å². The number of ether oxygens (including phenoxy) is 1. The Bertz CT molecular complexity index is 807. The fourth-order valence-electron chi connectivity index (χ4n) is 3.78. The van der Waals surface area contributed by atoms with Crippen molar-refractivity contribution in [1.29, 1.82) is 0 Å². The van der Waals surface area contributed by atoms with Gasteiger partial charge in [-0.25, -0.2) is 0 Å². The monoisotopic (exact) mass is 398 g/mol. The summed E-state index contributed by atoms with van der Waals surface area (Å²) in [5.41, 5.74) is 3.46. The molecular formula is C22H34N6O. The van der Waals surface area contributed by atoms with Gasteiger partial charge in [-0.05, 0) is 45.4 Å². The average molecular weight is 399 g/mol. The van der Waals surface area contributed by atoms with E-state index in [0.717, 1.165) is 69.6 Å². The van der Waals surface area contributed by atoms with Crippen molar-refractivity contribution in [2.75, 3.05) is 51.3 Å². The topological polar surface area (TPSA) is 57.9 Å². The normalized spacial score (nSPS) is 15.0. The second-order valence-corrected chi connectivity index (χ2v) is 7.39. The van der Waals surface area contributed by atoms with Crippen molar-refractivity contribution in [1.82, 2.24) is 20.0 Å². The number of para-hydroxylation sites is 2. The maximum atomic E-state index is 5.52. The van der Waals surface area contributed by atoms with Crippen LogP contribution in [-0.4, -0.2) is 67.0 Å². The van der Waals surface area contributed by atoms with Gasteiger partial charge < -0.3 is 19.9 Å². The standard InChI is InChI=1S/C22H34N6O/c1-5-23-22(24-11-8-12-28-19(3)17-18(2)25-28)27-15-13-26(14-16-27)20-9-6-7-10-21(20)29-4/h6-7,9-10,17H,5,8,11-16H2,1-4H3,(H,23,24). The van der Waals surface area contributed by atoms with E-state index in [4.69, 9.17) is 9.73 Å². The molecule has 1 aliphatic heterocycles. The van der Waals surface area contributed by atoms with Gasteiger partial charge in [-0.2, -0.15) is 5.10 Å². The molecule has 0 spiro atoms. The molecule has 2 heterocycles. The second kappa shape index (κ2) is 10.2. The zero-order chi connectivity index (χ0) is 20.6. The van der Waals surface area contributed by atoms with Crippen molar-refractivity contribution in [3.8, 4) is 5.75 Å². The van der Waals surface area contributed by atoms with E-state index in [-0.39, 0.29) is 0 Å². The van der Waals surface area contributed by atoms with E-state index in [1.807, 2.05) is 19.1 Å². The lowest BCUT2D eigenvalue weighted by atomic mass is 10.2. The van der Waals surface area contributed by atoms with Gasteiger partial charge in [-0.3, -0.25) is 9.67 Å². The maximum Gasteiger partial charge on any atom is 0.194 e. The van der Waals surface area contributed by atoms with Gasteiger partial charge in [-0.1, -0.05) is 12.1 Å². The highest BCUT2D eigenvalue weighted by molar-refractivity contribution is 5.80. The van der Waals surface area contributed by atoms with E-state index in [1.54, 1.807) is 7.11 Å². The number of piperazine rings is 1. The lowest BCUT2D eigenvalue weighted by molar-refractivity contribution is 0.367. The van der Waals surface area contributed by atoms with Gasteiger partial charge in [0.05, 0.1) is 18.5 Å². The van der Waals surface area contributed by atoms with Gasteiger partial charge in [0, 0.05) is 51.5 Å². The van der Waals surface area contributed by atoms with Crippen molar-refractivity contribution in [2.24, 2.45) is 4.99 Å². The summed E-state index contributed by atoms with van der Waals surface area (Å²) in [4.78, 5) is 9.62. The van der Waals surface area contributed by atoms with Crippen LogP contribution in [0.3, 0.4) is 0 Å². The first-order chi connectivity index (χ1) is 14.1. The Kier molecular flexibility index (Phi) is 7.38. The molecule has 7 heteroatoms. The number of nitrogens with zero attached hydrogens (tertiary/aromatic N) is 5. The third-order valence-corrected chi connectivity index (χ3v) is 5.23. The fourth-order valence-corrected chi connectivity index (χ4v) is 3.78. The first kappa shape index (κ1) is 21.0. The number of rotatable bonds is 7. The molecule has 0 atom stereocenters. The molecule has 0 saturated carbocycles. The van der Waals surface area contributed by atoms with Crippen LogP contribution in [0.4, 0.5) is 5.69 Å². The van der Waals surface area contributed by atoms with Gasteiger partial charge in [0.2, 0.25) is 0 Å². The Morgan fingerprint density at radius 1 is 1.17 bits per heavy atom.